The Morgan fingerprint density at radius 3 is 2.49 bits per heavy atom. The molecule has 37 heavy (non-hydrogen) atoms. The van der Waals surface area contributed by atoms with Crippen LogP contribution in [0.15, 0.2) is 66.8 Å². The molecule has 0 saturated carbocycles. The van der Waals surface area contributed by atoms with Crippen LogP contribution < -0.4 is 24.4 Å². The fraction of sp³-hybridized carbons (Fsp3) is 0.296. The van der Waals surface area contributed by atoms with Crippen LogP contribution in [-0.2, 0) is 9.53 Å². The van der Waals surface area contributed by atoms with Crippen LogP contribution in [-0.4, -0.2) is 37.1 Å². The van der Waals surface area contributed by atoms with Gasteiger partial charge in [-0.2, -0.15) is 0 Å². The van der Waals surface area contributed by atoms with Crippen molar-refractivity contribution < 1.29 is 19.0 Å². The molecule has 1 aliphatic rings. The van der Waals surface area contributed by atoms with E-state index in [-0.39, 0.29) is 11.7 Å². The molecule has 0 radical (unpaired) electrons. The predicted molar refractivity (Wildman–Crippen MR) is 150 cm³/mol. The summed E-state index contributed by atoms with van der Waals surface area (Å²) in [5.41, 5.74) is 2.22. The van der Waals surface area contributed by atoms with Gasteiger partial charge in [-0.05, 0) is 84.4 Å². The highest BCUT2D eigenvalue weighted by Crippen LogP contribution is 2.36. The molecule has 1 aliphatic heterocycles. The van der Waals surface area contributed by atoms with E-state index in [0.717, 1.165) is 16.0 Å². The van der Waals surface area contributed by atoms with Gasteiger partial charge in [-0.25, -0.2) is 9.79 Å². The summed E-state index contributed by atoms with van der Waals surface area (Å²) >= 11 is 6.41. The second-order valence-electron chi connectivity index (χ2n) is 8.55. The smallest absolute Gasteiger partial charge is 0.338 e. The lowest BCUT2D eigenvalue weighted by atomic mass is 9.96. The average molecular weight is 604 g/mol. The number of aromatic nitrogens is 1. The van der Waals surface area contributed by atoms with Gasteiger partial charge in [-0.15, -0.1) is 11.8 Å². The number of esters is 1. The van der Waals surface area contributed by atoms with E-state index < -0.39 is 12.0 Å². The zero-order valence-electron chi connectivity index (χ0n) is 21.3. The maximum Gasteiger partial charge on any atom is 0.338 e. The molecule has 0 fully saturated rings. The lowest BCUT2D eigenvalue weighted by Crippen LogP contribution is -2.40. The Morgan fingerprint density at radius 1 is 1.19 bits per heavy atom. The Morgan fingerprint density at radius 2 is 1.89 bits per heavy atom. The van der Waals surface area contributed by atoms with Crippen molar-refractivity contribution in [3.63, 3.8) is 0 Å². The van der Waals surface area contributed by atoms with E-state index in [1.807, 2.05) is 36.6 Å². The molecule has 2 heterocycles. The Hall–Kier alpha value is -2.82. The highest BCUT2D eigenvalue weighted by Gasteiger charge is 2.33. The zero-order chi connectivity index (χ0) is 26.9. The summed E-state index contributed by atoms with van der Waals surface area (Å²) < 4.78 is 19.2. The van der Waals surface area contributed by atoms with Gasteiger partial charge in [0, 0.05) is 4.90 Å². The van der Waals surface area contributed by atoms with Crippen LogP contribution in [0.5, 0.6) is 11.5 Å². The first-order chi connectivity index (χ1) is 17.7. The molecule has 1 aromatic heterocycles. The van der Waals surface area contributed by atoms with Crippen molar-refractivity contribution in [1.82, 2.24) is 4.57 Å². The monoisotopic (exact) mass is 602 g/mol. The van der Waals surface area contributed by atoms with Gasteiger partial charge < -0.3 is 14.2 Å². The first-order valence-electron chi connectivity index (χ1n) is 11.5. The van der Waals surface area contributed by atoms with Crippen LogP contribution >= 0.6 is 39.0 Å². The minimum absolute atomic E-state index is 0.240. The number of allylic oxidation sites excluding steroid dienone is 1. The number of carbonyl (C=O) groups is 1. The summed E-state index contributed by atoms with van der Waals surface area (Å²) in [7, 11) is 3.13. The minimum Gasteiger partial charge on any atom is -0.493 e. The number of nitrogens with zero attached hydrogens (tertiary/aromatic N) is 2. The summed E-state index contributed by atoms with van der Waals surface area (Å²) in [4.78, 5) is 33.3. The molecule has 7 nitrogen and oxygen atoms in total. The Balaban J connectivity index is 1.93. The van der Waals surface area contributed by atoms with E-state index in [0.29, 0.717) is 36.6 Å². The van der Waals surface area contributed by atoms with Gasteiger partial charge in [0.15, 0.2) is 16.3 Å². The van der Waals surface area contributed by atoms with E-state index in [4.69, 9.17) is 14.2 Å². The number of methoxy groups -OCH3 is 2. The molecule has 194 valence electrons. The van der Waals surface area contributed by atoms with Crippen LogP contribution in [0.1, 0.15) is 37.9 Å². The third kappa shape index (κ3) is 5.42. The van der Waals surface area contributed by atoms with Crippen LogP contribution in [0.4, 0.5) is 0 Å². The SMILES string of the molecule is COc1cc(/C=c2\sc3n(c2=O)[C@@H](c2ccc(SC)cc2)C(C(=O)OC(C)C)=C(C)N=3)cc(Br)c1OC. The molecule has 0 saturated heterocycles. The number of thiazole rings is 1. The molecule has 0 unspecified atom stereocenters. The molecular formula is C27H27BrN2O5S2. The summed E-state index contributed by atoms with van der Waals surface area (Å²) in [5.74, 6) is 0.629. The van der Waals surface area contributed by atoms with Gasteiger partial charge >= 0.3 is 5.97 Å². The number of rotatable bonds is 7. The second-order valence-corrected chi connectivity index (χ2v) is 11.3. The molecule has 4 rings (SSSR count). The molecule has 0 spiro atoms. The van der Waals surface area contributed by atoms with Crippen LogP contribution in [0.3, 0.4) is 0 Å². The van der Waals surface area contributed by atoms with Gasteiger partial charge in [0.1, 0.15) is 0 Å². The number of hydrogen-bond acceptors (Lipinski definition) is 8. The maximum absolute atomic E-state index is 13.8. The molecule has 3 aromatic rings. The molecular weight excluding hydrogens is 576 g/mol. The fourth-order valence-corrected chi connectivity index (χ4v) is 6.21. The van der Waals surface area contributed by atoms with E-state index >= 15 is 0 Å². The summed E-state index contributed by atoms with van der Waals surface area (Å²) in [5, 5.41) is 0. The van der Waals surface area contributed by atoms with Crippen molar-refractivity contribution in [3.8, 4) is 11.5 Å². The van der Waals surface area contributed by atoms with E-state index in [2.05, 4.69) is 20.9 Å². The molecule has 0 N–H and O–H groups in total. The quantitative estimate of drug-likeness (QED) is 0.288. The average Bonchev–Trinajstić information content (AvgIpc) is 3.16. The maximum atomic E-state index is 13.8. The zero-order valence-corrected chi connectivity index (χ0v) is 24.5. The van der Waals surface area contributed by atoms with Crippen LogP contribution in [0.2, 0.25) is 0 Å². The molecule has 1 atom stereocenters. The number of fused-ring (bicyclic) bond motifs is 1. The van der Waals surface area contributed by atoms with Gasteiger partial charge in [0.25, 0.3) is 5.56 Å². The van der Waals surface area contributed by atoms with Gasteiger partial charge in [-0.1, -0.05) is 23.5 Å². The molecule has 0 aliphatic carbocycles. The van der Waals surface area contributed by atoms with Gasteiger partial charge in [-0.3, -0.25) is 9.36 Å². The van der Waals surface area contributed by atoms with Crippen molar-refractivity contribution in [2.24, 2.45) is 4.99 Å². The third-order valence-corrected chi connectivity index (χ3v) is 8.09. The standard InChI is InChI=1S/C27H27BrN2O5S2/c1-14(2)35-26(32)22-15(3)29-27-30(23(22)17-7-9-18(36-6)10-8-17)25(31)21(37-27)13-16-11-19(28)24(34-5)20(12-16)33-4/h7-14,23H,1-6H3/b21-13-/t23-/m0/s1. The van der Waals surface area contributed by atoms with Gasteiger partial charge in [0.05, 0.1) is 46.6 Å². The van der Waals surface area contributed by atoms with E-state index in [1.54, 1.807) is 63.5 Å². The predicted octanol–water partition coefficient (Wildman–Crippen LogP) is 4.69. The number of hydrogen-bond donors (Lipinski definition) is 0. The number of benzene rings is 2. The minimum atomic E-state index is -0.655. The lowest BCUT2D eigenvalue weighted by molar-refractivity contribution is -0.143. The fourth-order valence-electron chi connectivity index (χ4n) is 4.13. The number of carbonyl (C=O) groups excluding carboxylic acids is 1. The Labute approximate surface area is 231 Å². The first kappa shape index (κ1) is 27.2. The van der Waals surface area contributed by atoms with Crippen molar-refractivity contribution >= 4 is 51.1 Å². The number of ether oxygens (including phenoxy) is 3. The summed E-state index contributed by atoms with van der Waals surface area (Å²) in [6.45, 7) is 5.38. The van der Waals surface area contributed by atoms with Crippen molar-refractivity contribution in [2.45, 2.75) is 37.8 Å². The van der Waals surface area contributed by atoms with Crippen molar-refractivity contribution in [1.29, 1.82) is 0 Å². The molecule has 10 heteroatoms. The number of halogens is 1. The largest absolute Gasteiger partial charge is 0.493 e. The highest BCUT2D eigenvalue weighted by atomic mass is 79.9. The normalized spacial score (nSPS) is 15.5. The summed E-state index contributed by atoms with van der Waals surface area (Å²) in [6, 6.07) is 10.9. The van der Waals surface area contributed by atoms with Crippen molar-refractivity contribution in [2.75, 3.05) is 20.5 Å². The lowest BCUT2D eigenvalue weighted by Gasteiger charge is -2.25. The second kappa shape index (κ2) is 11.3. The highest BCUT2D eigenvalue weighted by molar-refractivity contribution is 9.10. The summed E-state index contributed by atoms with van der Waals surface area (Å²) in [6.07, 6.45) is 3.48. The van der Waals surface area contributed by atoms with Crippen LogP contribution in [0, 0.1) is 0 Å². The first-order valence-corrected chi connectivity index (χ1v) is 14.3. The van der Waals surface area contributed by atoms with Crippen molar-refractivity contribution in [3.05, 3.63) is 83.0 Å². The molecule has 0 bridgehead atoms. The Kier molecular flexibility index (Phi) is 8.30. The van der Waals surface area contributed by atoms with E-state index in [1.165, 1.54) is 11.3 Å². The number of thioether (sulfide) groups is 1. The van der Waals surface area contributed by atoms with Crippen LogP contribution in [0.25, 0.3) is 6.08 Å². The molecule has 2 aromatic carbocycles. The molecule has 0 amide bonds. The third-order valence-electron chi connectivity index (χ3n) is 5.77. The van der Waals surface area contributed by atoms with Gasteiger partial charge in [0.2, 0.25) is 0 Å². The van der Waals surface area contributed by atoms with E-state index in [9.17, 15) is 9.59 Å². The topological polar surface area (TPSA) is 79.1 Å². The Bertz CT molecular complexity index is 1560.